The number of aliphatic carboxylic acids is 1. The number of rotatable bonds is 1. The number of piperidine rings is 1. The monoisotopic (exact) mass is 226 g/mol. The normalized spacial score (nSPS) is 25.9. The number of nitrogens with zero attached hydrogens (tertiary/aromatic N) is 2. The Balaban J connectivity index is 2.04. The molecule has 2 aliphatic rings. The molecular weight excluding hydrogens is 208 g/mol. The van der Waals surface area contributed by atoms with E-state index in [1.807, 2.05) is 0 Å². The first-order valence-corrected chi connectivity index (χ1v) is 5.98. The van der Waals surface area contributed by atoms with Crippen molar-refractivity contribution in [1.82, 2.24) is 9.80 Å². The van der Waals surface area contributed by atoms with Crippen molar-refractivity contribution < 1.29 is 14.7 Å². The summed E-state index contributed by atoms with van der Waals surface area (Å²) in [6.07, 6.45) is 4.49. The summed E-state index contributed by atoms with van der Waals surface area (Å²) in [5.74, 6) is -0.868. The summed E-state index contributed by atoms with van der Waals surface area (Å²) in [4.78, 5) is 26.5. The Kier molecular flexibility index (Phi) is 3.31. The van der Waals surface area contributed by atoms with Crippen molar-refractivity contribution in [3.63, 3.8) is 0 Å². The highest BCUT2D eigenvalue weighted by Gasteiger charge is 2.34. The highest BCUT2D eigenvalue weighted by atomic mass is 16.4. The molecule has 2 aliphatic heterocycles. The molecule has 2 rings (SSSR count). The molecule has 90 valence electrons. The first-order valence-electron chi connectivity index (χ1n) is 5.98. The molecule has 16 heavy (non-hydrogen) atoms. The summed E-state index contributed by atoms with van der Waals surface area (Å²) in [5, 5.41) is 9.09. The number of carboxylic acids is 1. The quantitative estimate of drug-likeness (QED) is 0.729. The van der Waals surface area contributed by atoms with Crippen LogP contribution in [0.1, 0.15) is 32.1 Å². The fraction of sp³-hybridized carbons (Fsp3) is 0.818. The summed E-state index contributed by atoms with van der Waals surface area (Å²) >= 11 is 0. The van der Waals surface area contributed by atoms with E-state index < -0.39 is 12.0 Å². The zero-order valence-corrected chi connectivity index (χ0v) is 9.39. The van der Waals surface area contributed by atoms with Crippen molar-refractivity contribution >= 4 is 12.0 Å². The van der Waals surface area contributed by atoms with Gasteiger partial charge in [0.1, 0.15) is 6.04 Å². The number of carboxylic acid groups (broad SMARTS) is 1. The summed E-state index contributed by atoms with van der Waals surface area (Å²) in [5.41, 5.74) is 0. The van der Waals surface area contributed by atoms with Gasteiger partial charge in [0.15, 0.2) is 0 Å². The zero-order chi connectivity index (χ0) is 11.5. The van der Waals surface area contributed by atoms with Gasteiger partial charge in [-0.1, -0.05) is 0 Å². The maximum Gasteiger partial charge on any atom is 0.326 e. The number of carbonyl (C=O) groups excluding carboxylic acids is 1. The standard InChI is InChI=1S/C11H18N2O3/c14-10(15)9-5-1-2-8-13(9)11(16)12-6-3-4-7-12/h9H,1-8H2,(H,14,15). The van der Waals surface area contributed by atoms with Crippen LogP contribution in [0.5, 0.6) is 0 Å². The van der Waals surface area contributed by atoms with Crippen LogP contribution in [0.15, 0.2) is 0 Å². The van der Waals surface area contributed by atoms with Gasteiger partial charge in [0, 0.05) is 19.6 Å². The molecule has 0 aromatic rings. The molecule has 0 aromatic carbocycles. The van der Waals surface area contributed by atoms with E-state index in [0.717, 1.165) is 38.8 Å². The maximum absolute atomic E-state index is 12.1. The van der Waals surface area contributed by atoms with Crippen LogP contribution >= 0.6 is 0 Å². The highest BCUT2D eigenvalue weighted by Crippen LogP contribution is 2.20. The Morgan fingerprint density at radius 2 is 1.62 bits per heavy atom. The summed E-state index contributed by atoms with van der Waals surface area (Å²) in [6, 6.07) is -0.688. The van der Waals surface area contributed by atoms with Gasteiger partial charge in [-0.05, 0) is 32.1 Å². The van der Waals surface area contributed by atoms with Gasteiger partial charge in [0.05, 0.1) is 0 Å². The number of carbonyl (C=O) groups is 2. The Morgan fingerprint density at radius 3 is 2.25 bits per heavy atom. The van der Waals surface area contributed by atoms with Gasteiger partial charge < -0.3 is 14.9 Å². The van der Waals surface area contributed by atoms with Gasteiger partial charge in [-0.3, -0.25) is 0 Å². The maximum atomic E-state index is 12.1. The van der Waals surface area contributed by atoms with Gasteiger partial charge in [0.25, 0.3) is 0 Å². The predicted octanol–water partition coefficient (Wildman–Crippen LogP) is 1.14. The third kappa shape index (κ3) is 2.13. The topological polar surface area (TPSA) is 60.9 Å². The molecule has 0 aliphatic carbocycles. The summed E-state index contributed by atoms with van der Waals surface area (Å²) in [7, 11) is 0. The molecular formula is C11H18N2O3. The molecule has 0 saturated carbocycles. The fourth-order valence-corrected chi connectivity index (χ4v) is 2.51. The molecule has 0 bridgehead atoms. The Bertz CT molecular complexity index is 287. The number of hydrogen-bond acceptors (Lipinski definition) is 2. The van der Waals surface area contributed by atoms with E-state index in [1.54, 1.807) is 4.90 Å². The highest BCUT2D eigenvalue weighted by molar-refractivity contribution is 5.83. The first-order chi connectivity index (χ1) is 7.70. The fourth-order valence-electron chi connectivity index (χ4n) is 2.51. The van der Waals surface area contributed by atoms with Crippen LogP contribution in [0, 0.1) is 0 Å². The minimum Gasteiger partial charge on any atom is -0.480 e. The third-order valence-electron chi connectivity index (χ3n) is 3.41. The molecule has 5 nitrogen and oxygen atoms in total. The Hall–Kier alpha value is -1.26. The molecule has 1 unspecified atom stereocenters. The first kappa shape index (κ1) is 11.2. The van der Waals surface area contributed by atoms with Crippen molar-refractivity contribution in [2.24, 2.45) is 0 Å². The summed E-state index contributed by atoms with van der Waals surface area (Å²) in [6.45, 7) is 2.15. The van der Waals surface area contributed by atoms with Gasteiger partial charge in [-0.25, -0.2) is 9.59 Å². The average molecular weight is 226 g/mol. The lowest BCUT2D eigenvalue weighted by molar-refractivity contribution is -0.143. The van der Waals surface area contributed by atoms with Gasteiger partial charge in [0.2, 0.25) is 0 Å². The van der Waals surface area contributed by atoms with E-state index >= 15 is 0 Å². The smallest absolute Gasteiger partial charge is 0.326 e. The lowest BCUT2D eigenvalue weighted by atomic mass is 10.0. The summed E-state index contributed by atoms with van der Waals surface area (Å²) < 4.78 is 0. The van der Waals surface area contributed by atoms with Gasteiger partial charge >= 0.3 is 12.0 Å². The van der Waals surface area contributed by atoms with Crippen LogP contribution in [0.25, 0.3) is 0 Å². The molecule has 0 aromatic heterocycles. The number of likely N-dealkylation sites (tertiary alicyclic amines) is 2. The van der Waals surface area contributed by atoms with Crippen LogP contribution in [0.2, 0.25) is 0 Å². The van der Waals surface area contributed by atoms with Crippen molar-refractivity contribution in [2.45, 2.75) is 38.1 Å². The predicted molar refractivity (Wildman–Crippen MR) is 58.2 cm³/mol. The Labute approximate surface area is 95.0 Å². The molecule has 2 fully saturated rings. The van der Waals surface area contributed by atoms with Gasteiger partial charge in [-0.2, -0.15) is 0 Å². The number of hydrogen-bond donors (Lipinski definition) is 1. The molecule has 5 heteroatoms. The average Bonchev–Trinajstić information content (AvgIpc) is 2.81. The van der Waals surface area contributed by atoms with Crippen LogP contribution < -0.4 is 0 Å². The minimum absolute atomic E-state index is 0.0791. The molecule has 2 heterocycles. The van der Waals surface area contributed by atoms with Crippen molar-refractivity contribution in [3.05, 3.63) is 0 Å². The van der Waals surface area contributed by atoms with E-state index in [4.69, 9.17) is 5.11 Å². The molecule has 2 saturated heterocycles. The largest absolute Gasteiger partial charge is 0.480 e. The molecule has 0 spiro atoms. The molecule has 1 N–H and O–H groups in total. The van der Waals surface area contributed by atoms with E-state index in [-0.39, 0.29) is 6.03 Å². The number of urea groups is 1. The van der Waals surface area contributed by atoms with E-state index in [1.165, 1.54) is 4.90 Å². The number of amides is 2. The van der Waals surface area contributed by atoms with E-state index in [0.29, 0.717) is 13.0 Å². The van der Waals surface area contributed by atoms with Crippen LogP contribution in [0.3, 0.4) is 0 Å². The second-order valence-electron chi connectivity index (χ2n) is 4.52. The van der Waals surface area contributed by atoms with Crippen LogP contribution in [-0.2, 0) is 4.79 Å². The molecule has 2 amide bonds. The zero-order valence-electron chi connectivity index (χ0n) is 9.39. The van der Waals surface area contributed by atoms with Crippen LogP contribution in [-0.4, -0.2) is 52.6 Å². The third-order valence-corrected chi connectivity index (χ3v) is 3.41. The van der Waals surface area contributed by atoms with Crippen molar-refractivity contribution in [2.75, 3.05) is 19.6 Å². The second-order valence-corrected chi connectivity index (χ2v) is 4.52. The van der Waals surface area contributed by atoms with E-state index in [9.17, 15) is 9.59 Å². The van der Waals surface area contributed by atoms with E-state index in [2.05, 4.69) is 0 Å². The molecule has 0 radical (unpaired) electrons. The Morgan fingerprint density at radius 1 is 1.00 bits per heavy atom. The van der Waals surface area contributed by atoms with Crippen molar-refractivity contribution in [1.29, 1.82) is 0 Å². The lowest BCUT2D eigenvalue weighted by Gasteiger charge is -2.35. The molecule has 1 atom stereocenters. The minimum atomic E-state index is -0.868. The van der Waals surface area contributed by atoms with Crippen molar-refractivity contribution in [3.8, 4) is 0 Å². The van der Waals surface area contributed by atoms with Crippen LogP contribution in [0.4, 0.5) is 4.79 Å². The SMILES string of the molecule is O=C(O)C1CCCCN1C(=O)N1CCCC1. The second kappa shape index (κ2) is 4.72. The van der Waals surface area contributed by atoms with Gasteiger partial charge in [-0.15, -0.1) is 0 Å². The lowest BCUT2D eigenvalue weighted by Crippen LogP contribution is -2.52.